The molecular weight excluding hydrogens is 490 g/mol. The highest BCUT2D eigenvalue weighted by molar-refractivity contribution is 5.88. The zero-order valence-electron chi connectivity index (χ0n) is 19.1. The van der Waals surface area contributed by atoms with E-state index in [1.165, 1.54) is 24.8 Å². The Morgan fingerprint density at radius 1 is 1.08 bits per heavy atom. The number of rotatable bonds is 3. The van der Waals surface area contributed by atoms with Crippen molar-refractivity contribution in [3.8, 4) is 17.1 Å². The molecule has 3 aliphatic heterocycles. The van der Waals surface area contributed by atoms with Crippen molar-refractivity contribution in [2.24, 2.45) is 0 Å². The van der Waals surface area contributed by atoms with E-state index >= 15 is 0 Å². The van der Waals surface area contributed by atoms with Gasteiger partial charge >= 0.3 is 6.18 Å². The lowest BCUT2D eigenvalue weighted by Crippen LogP contribution is -2.43. The van der Waals surface area contributed by atoms with Gasteiger partial charge in [0.05, 0.1) is 17.9 Å². The first-order valence-electron chi connectivity index (χ1n) is 11.5. The van der Waals surface area contributed by atoms with Gasteiger partial charge < -0.3 is 14.6 Å². The Bertz CT molecular complexity index is 1750. The predicted octanol–water partition coefficient (Wildman–Crippen LogP) is 2.03. The maximum absolute atomic E-state index is 14.9. The van der Waals surface area contributed by atoms with E-state index in [1.807, 2.05) is 0 Å². The highest BCUT2D eigenvalue weighted by atomic mass is 19.4. The minimum absolute atomic E-state index is 0.0342. The number of aromatic nitrogens is 6. The second-order valence-electron chi connectivity index (χ2n) is 8.80. The summed E-state index contributed by atoms with van der Waals surface area (Å²) in [5.74, 6) is 0.831. The first-order chi connectivity index (χ1) is 17.9. The quantitative estimate of drug-likeness (QED) is 0.428. The zero-order valence-corrected chi connectivity index (χ0v) is 19.1. The standard InChI is InChI=1S/C25H17F4N7O/c26-17-1-2-18-13(5-10-37-18)15(17)11-32-24-21-20(30-6-7-31-21)19-16(25(27,28)29)4-9-35-8-3-14(22(19)35)23-34-33-12-36(23)24/h1-4,6-8,12,32H,5,9-11H2/b20-19+,24-21+. The fourth-order valence-corrected chi connectivity index (χ4v) is 5.24. The second kappa shape index (κ2) is 7.76. The van der Waals surface area contributed by atoms with Gasteiger partial charge in [0.15, 0.2) is 5.82 Å². The average molecular weight is 507 g/mol. The monoisotopic (exact) mass is 507 g/mol. The Morgan fingerprint density at radius 2 is 1.92 bits per heavy atom. The number of alkyl halides is 3. The van der Waals surface area contributed by atoms with E-state index in [0.29, 0.717) is 41.4 Å². The van der Waals surface area contributed by atoms with Gasteiger partial charge in [0.1, 0.15) is 34.4 Å². The topological polar surface area (TPSA) is 82.7 Å². The molecule has 0 unspecified atom stereocenters. The van der Waals surface area contributed by atoms with Crippen LogP contribution in [0.5, 0.6) is 5.75 Å². The van der Waals surface area contributed by atoms with Crippen molar-refractivity contribution in [2.75, 3.05) is 6.61 Å². The molecule has 4 aromatic rings. The molecule has 186 valence electrons. The molecule has 8 nitrogen and oxygen atoms in total. The van der Waals surface area contributed by atoms with Crippen LogP contribution in [-0.4, -0.2) is 42.1 Å². The molecule has 6 heterocycles. The summed E-state index contributed by atoms with van der Waals surface area (Å²) in [6, 6.07) is 4.65. The van der Waals surface area contributed by atoms with E-state index in [0.717, 1.165) is 11.6 Å². The number of allylic oxidation sites excluding steroid dienone is 2. The fourth-order valence-electron chi connectivity index (χ4n) is 5.24. The molecule has 3 aromatic heterocycles. The molecule has 0 bridgehead atoms. The van der Waals surface area contributed by atoms with Crippen molar-refractivity contribution in [2.45, 2.75) is 25.7 Å². The third kappa shape index (κ3) is 3.21. The zero-order chi connectivity index (χ0) is 25.3. The summed E-state index contributed by atoms with van der Waals surface area (Å²) < 4.78 is 66.6. The summed E-state index contributed by atoms with van der Waals surface area (Å²) in [7, 11) is 0. The first kappa shape index (κ1) is 21.8. The number of hydrogen-bond donors (Lipinski definition) is 1. The van der Waals surface area contributed by atoms with Gasteiger partial charge in [-0.15, -0.1) is 10.2 Å². The maximum atomic E-state index is 14.9. The lowest BCUT2D eigenvalue weighted by molar-refractivity contribution is -0.0876. The van der Waals surface area contributed by atoms with E-state index in [2.05, 4.69) is 25.5 Å². The van der Waals surface area contributed by atoms with Crippen LogP contribution in [0.3, 0.4) is 0 Å². The van der Waals surface area contributed by atoms with Crippen molar-refractivity contribution < 1.29 is 22.3 Å². The van der Waals surface area contributed by atoms with Crippen LogP contribution in [0, 0.1) is 5.82 Å². The van der Waals surface area contributed by atoms with Crippen molar-refractivity contribution in [3.05, 3.63) is 88.1 Å². The number of benzene rings is 1. The second-order valence-corrected chi connectivity index (χ2v) is 8.80. The van der Waals surface area contributed by atoms with Gasteiger partial charge in [0.25, 0.3) is 0 Å². The number of nitrogens with zero attached hydrogens (tertiary/aromatic N) is 6. The molecule has 37 heavy (non-hydrogen) atoms. The molecule has 0 fully saturated rings. The smallest absolute Gasteiger partial charge is 0.416 e. The van der Waals surface area contributed by atoms with E-state index in [9.17, 15) is 17.6 Å². The largest absolute Gasteiger partial charge is 0.493 e. The number of fused-ring (bicyclic) bond motifs is 4. The van der Waals surface area contributed by atoms with E-state index in [4.69, 9.17) is 4.74 Å². The van der Waals surface area contributed by atoms with Crippen LogP contribution in [0.4, 0.5) is 17.6 Å². The van der Waals surface area contributed by atoms with Gasteiger partial charge in [-0.1, -0.05) is 6.08 Å². The SMILES string of the molecule is Fc1ccc2c(c1CN/C1=c3\nccn\c3=C3/C(C(F)(F)F)=CCn4ccc(c43)-c3nncn31)CCO2. The summed E-state index contributed by atoms with van der Waals surface area (Å²) in [6.07, 6.45) is 3.00. The van der Waals surface area contributed by atoms with Gasteiger partial charge in [-0.3, -0.25) is 9.55 Å². The Balaban J connectivity index is 1.52. The molecule has 1 N–H and O–H groups in total. The van der Waals surface area contributed by atoms with Crippen LogP contribution >= 0.6 is 0 Å². The first-order valence-corrected chi connectivity index (χ1v) is 11.5. The third-order valence-electron chi connectivity index (χ3n) is 6.83. The number of halogens is 4. The Hall–Kier alpha value is -4.48. The summed E-state index contributed by atoms with van der Waals surface area (Å²) in [5.41, 5.74) is 1.10. The van der Waals surface area contributed by atoms with Gasteiger partial charge in [-0.2, -0.15) is 13.2 Å². The summed E-state index contributed by atoms with van der Waals surface area (Å²) in [6.45, 7) is 0.538. The lowest BCUT2D eigenvalue weighted by Gasteiger charge is -2.25. The van der Waals surface area contributed by atoms with Gasteiger partial charge in [-0.25, -0.2) is 9.37 Å². The van der Waals surface area contributed by atoms with Crippen molar-refractivity contribution in [3.63, 3.8) is 0 Å². The minimum atomic E-state index is -4.62. The van der Waals surface area contributed by atoms with Gasteiger partial charge in [0.2, 0.25) is 0 Å². The molecule has 0 aliphatic carbocycles. The Labute approximate surface area is 206 Å². The Kier molecular flexibility index (Phi) is 4.57. The van der Waals surface area contributed by atoms with Crippen LogP contribution in [0.1, 0.15) is 16.8 Å². The highest BCUT2D eigenvalue weighted by Crippen LogP contribution is 2.41. The maximum Gasteiger partial charge on any atom is 0.416 e. The lowest BCUT2D eigenvalue weighted by atomic mass is 9.94. The van der Waals surface area contributed by atoms with Crippen molar-refractivity contribution in [1.29, 1.82) is 0 Å². The van der Waals surface area contributed by atoms with Crippen molar-refractivity contribution >= 4 is 11.4 Å². The molecular formula is C25H17F4N7O. The van der Waals surface area contributed by atoms with Crippen LogP contribution in [0.15, 0.2) is 54.8 Å². The van der Waals surface area contributed by atoms with E-state index < -0.39 is 17.6 Å². The minimum Gasteiger partial charge on any atom is -0.493 e. The number of hydrogen-bond acceptors (Lipinski definition) is 6. The number of nitrogens with one attached hydrogen (secondary N) is 1. The van der Waals surface area contributed by atoms with Crippen LogP contribution in [0.2, 0.25) is 0 Å². The van der Waals surface area contributed by atoms with Crippen LogP contribution in [0.25, 0.3) is 22.8 Å². The molecule has 0 amide bonds. The average Bonchev–Trinajstić information content (AvgIpc) is 3.63. The molecule has 1 aromatic carbocycles. The normalized spacial score (nSPS) is 18.5. The summed E-state index contributed by atoms with van der Waals surface area (Å²) in [5, 5.41) is 11.7. The summed E-state index contributed by atoms with van der Waals surface area (Å²) >= 11 is 0. The van der Waals surface area contributed by atoms with Gasteiger partial charge in [-0.05, 0) is 18.2 Å². The predicted molar refractivity (Wildman–Crippen MR) is 123 cm³/mol. The van der Waals surface area contributed by atoms with Gasteiger partial charge in [0, 0.05) is 60.4 Å². The fraction of sp³-hybridized carbons (Fsp3) is 0.200. The van der Waals surface area contributed by atoms with E-state index in [-0.39, 0.29) is 35.2 Å². The molecule has 0 radical (unpaired) electrons. The highest BCUT2D eigenvalue weighted by Gasteiger charge is 2.41. The van der Waals surface area contributed by atoms with Crippen LogP contribution in [-0.2, 0) is 19.5 Å². The van der Waals surface area contributed by atoms with Crippen LogP contribution < -0.4 is 20.8 Å². The van der Waals surface area contributed by atoms with Crippen molar-refractivity contribution in [1.82, 2.24) is 34.6 Å². The molecule has 7 rings (SSSR count). The molecule has 0 saturated carbocycles. The number of ether oxygens (including phenoxy) is 1. The molecule has 0 atom stereocenters. The van der Waals surface area contributed by atoms with E-state index in [1.54, 1.807) is 27.5 Å². The Morgan fingerprint density at radius 3 is 2.76 bits per heavy atom. The molecule has 0 saturated heterocycles. The third-order valence-corrected chi connectivity index (χ3v) is 6.83. The molecule has 0 spiro atoms. The molecule has 12 heteroatoms. The summed E-state index contributed by atoms with van der Waals surface area (Å²) in [4.78, 5) is 8.80. The molecule has 3 aliphatic rings.